The molecule has 1 atom stereocenters. The number of hydrogen-bond acceptors (Lipinski definition) is 2. The number of rotatable bonds is 3. The van der Waals surface area contributed by atoms with Gasteiger partial charge in [-0.3, -0.25) is 0 Å². The monoisotopic (exact) mass is 271 g/mol. The van der Waals surface area contributed by atoms with Crippen LogP contribution in [0.25, 0.3) is 0 Å². The first-order valence-electron chi connectivity index (χ1n) is 4.92. The van der Waals surface area contributed by atoms with E-state index < -0.39 is 0 Å². The van der Waals surface area contributed by atoms with Crippen molar-refractivity contribution in [1.29, 1.82) is 0 Å². The fraction of sp³-hybridized carbons (Fsp3) is 0.167. The van der Waals surface area contributed by atoms with Crippen LogP contribution in [0.5, 0.6) is 0 Å². The molecule has 0 aliphatic heterocycles. The number of anilines is 1. The van der Waals surface area contributed by atoms with Gasteiger partial charge < -0.3 is 5.32 Å². The number of benzene rings is 1. The van der Waals surface area contributed by atoms with Gasteiger partial charge in [0.05, 0.1) is 10.4 Å². The molecule has 0 bridgehead atoms. The van der Waals surface area contributed by atoms with Gasteiger partial charge in [-0.2, -0.15) is 0 Å². The second-order valence-electron chi connectivity index (χ2n) is 3.52. The van der Waals surface area contributed by atoms with Gasteiger partial charge in [0.25, 0.3) is 0 Å². The lowest BCUT2D eigenvalue weighted by atomic mass is 10.2. The van der Waals surface area contributed by atoms with Crippen LogP contribution in [-0.4, -0.2) is 0 Å². The normalized spacial score (nSPS) is 12.4. The molecule has 0 spiro atoms. The van der Waals surface area contributed by atoms with Crippen LogP contribution in [-0.2, 0) is 0 Å². The Morgan fingerprint density at radius 2 is 2.00 bits per heavy atom. The molecule has 1 N–H and O–H groups in total. The van der Waals surface area contributed by atoms with E-state index in [0.717, 1.165) is 15.0 Å². The van der Waals surface area contributed by atoms with Gasteiger partial charge in [-0.25, -0.2) is 0 Å². The molecule has 1 unspecified atom stereocenters. The number of thiophene rings is 1. The highest BCUT2D eigenvalue weighted by molar-refractivity contribution is 7.16. The summed E-state index contributed by atoms with van der Waals surface area (Å²) in [7, 11) is 0. The summed E-state index contributed by atoms with van der Waals surface area (Å²) in [4.78, 5) is 1.21. The zero-order chi connectivity index (χ0) is 11.5. The van der Waals surface area contributed by atoms with Gasteiger partial charge in [0.15, 0.2) is 0 Å². The third-order valence-corrected chi connectivity index (χ3v) is 3.88. The molecule has 0 amide bonds. The van der Waals surface area contributed by atoms with E-state index in [-0.39, 0.29) is 6.04 Å². The minimum absolute atomic E-state index is 0.232. The molecule has 1 heterocycles. The molecule has 0 fully saturated rings. The molecule has 2 aromatic rings. The zero-order valence-electron chi connectivity index (χ0n) is 8.71. The van der Waals surface area contributed by atoms with Gasteiger partial charge in [0.2, 0.25) is 0 Å². The number of halogens is 2. The van der Waals surface area contributed by atoms with Gasteiger partial charge >= 0.3 is 0 Å². The molecule has 0 saturated carbocycles. The zero-order valence-corrected chi connectivity index (χ0v) is 11.0. The molecule has 2 rings (SSSR count). The van der Waals surface area contributed by atoms with Crippen LogP contribution in [0.15, 0.2) is 36.4 Å². The topological polar surface area (TPSA) is 12.0 Å². The first kappa shape index (κ1) is 11.8. The molecule has 1 nitrogen and oxygen atoms in total. The number of nitrogens with one attached hydrogen (secondary N) is 1. The molecule has 0 saturated heterocycles. The van der Waals surface area contributed by atoms with E-state index in [2.05, 4.69) is 12.2 Å². The van der Waals surface area contributed by atoms with Crippen LogP contribution < -0.4 is 5.32 Å². The quantitative estimate of drug-likeness (QED) is 0.806. The smallest absolute Gasteiger partial charge is 0.0932 e. The van der Waals surface area contributed by atoms with E-state index in [4.69, 9.17) is 23.2 Å². The fourth-order valence-corrected chi connectivity index (χ4v) is 2.71. The predicted molar refractivity (Wildman–Crippen MR) is 72.8 cm³/mol. The van der Waals surface area contributed by atoms with Crippen molar-refractivity contribution in [1.82, 2.24) is 0 Å². The SMILES string of the molecule is CC(Nc1cccc(Cl)c1)c1ccc(Cl)s1. The summed E-state index contributed by atoms with van der Waals surface area (Å²) in [5.74, 6) is 0. The van der Waals surface area contributed by atoms with Crippen LogP contribution in [0.1, 0.15) is 17.8 Å². The van der Waals surface area contributed by atoms with Crippen molar-refractivity contribution < 1.29 is 0 Å². The maximum absolute atomic E-state index is 5.92. The summed E-state index contributed by atoms with van der Waals surface area (Å²) >= 11 is 13.4. The molecule has 16 heavy (non-hydrogen) atoms. The van der Waals surface area contributed by atoms with E-state index in [0.29, 0.717) is 0 Å². The molecule has 0 aliphatic carbocycles. The van der Waals surface area contributed by atoms with Gasteiger partial charge in [-0.05, 0) is 37.3 Å². The van der Waals surface area contributed by atoms with Crippen molar-refractivity contribution in [3.05, 3.63) is 50.6 Å². The Kier molecular flexibility index (Phi) is 3.74. The lowest BCUT2D eigenvalue weighted by molar-refractivity contribution is 0.908. The summed E-state index contributed by atoms with van der Waals surface area (Å²) < 4.78 is 0.815. The Labute approximate surface area is 109 Å². The van der Waals surface area contributed by atoms with Crippen LogP contribution in [0.2, 0.25) is 9.36 Å². The van der Waals surface area contributed by atoms with Crippen molar-refractivity contribution in [2.45, 2.75) is 13.0 Å². The molecule has 84 valence electrons. The predicted octanol–water partition coefficient (Wildman–Crippen LogP) is 5.23. The maximum atomic E-state index is 5.92. The highest BCUT2D eigenvalue weighted by Crippen LogP contribution is 2.29. The largest absolute Gasteiger partial charge is 0.378 e. The van der Waals surface area contributed by atoms with E-state index in [1.807, 2.05) is 36.4 Å². The van der Waals surface area contributed by atoms with E-state index in [9.17, 15) is 0 Å². The second-order valence-corrected chi connectivity index (χ2v) is 5.70. The molecule has 1 aromatic carbocycles. The highest BCUT2D eigenvalue weighted by Gasteiger charge is 2.07. The Bertz CT molecular complexity index is 481. The standard InChI is InChI=1S/C12H11Cl2NS/c1-8(11-5-6-12(14)16-11)15-10-4-2-3-9(13)7-10/h2-8,15H,1H3. The highest BCUT2D eigenvalue weighted by atomic mass is 35.5. The Hall–Kier alpha value is -0.700. The van der Waals surface area contributed by atoms with Crippen LogP contribution in [0.3, 0.4) is 0 Å². The third-order valence-electron chi connectivity index (χ3n) is 2.23. The van der Waals surface area contributed by atoms with Crippen molar-refractivity contribution >= 4 is 40.2 Å². The molecule has 0 aliphatic rings. The summed E-state index contributed by atoms with van der Waals surface area (Å²) in [6.07, 6.45) is 0. The van der Waals surface area contributed by atoms with E-state index in [1.165, 1.54) is 4.88 Å². The third kappa shape index (κ3) is 2.91. The van der Waals surface area contributed by atoms with Gasteiger partial charge in [-0.1, -0.05) is 29.3 Å². The molecule has 1 aromatic heterocycles. The van der Waals surface area contributed by atoms with Gasteiger partial charge in [0.1, 0.15) is 0 Å². The van der Waals surface area contributed by atoms with Gasteiger partial charge in [0, 0.05) is 15.6 Å². The fourth-order valence-electron chi connectivity index (χ4n) is 1.46. The van der Waals surface area contributed by atoms with Crippen molar-refractivity contribution in [2.75, 3.05) is 5.32 Å². The minimum Gasteiger partial charge on any atom is -0.378 e. The van der Waals surface area contributed by atoms with Crippen molar-refractivity contribution in [3.8, 4) is 0 Å². The molecular weight excluding hydrogens is 261 g/mol. The van der Waals surface area contributed by atoms with Crippen LogP contribution in [0.4, 0.5) is 5.69 Å². The summed E-state index contributed by atoms with van der Waals surface area (Å²) in [6.45, 7) is 2.10. The molecular formula is C12H11Cl2NS. The summed E-state index contributed by atoms with van der Waals surface area (Å²) in [6, 6.07) is 11.9. The average molecular weight is 272 g/mol. The van der Waals surface area contributed by atoms with E-state index >= 15 is 0 Å². The molecule has 0 radical (unpaired) electrons. The number of hydrogen-bond donors (Lipinski definition) is 1. The molecule has 4 heteroatoms. The Balaban J connectivity index is 2.10. The van der Waals surface area contributed by atoms with Crippen LogP contribution >= 0.6 is 34.5 Å². The lowest BCUT2D eigenvalue weighted by Crippen LogP contribution is -2.04. The minimum atomic E-state index is 0.232. The van der Waals surface area contributed by atoms with Crippen molar-refractivity contribution in [2.24, 2.45) is 0 Å². The van der Waals surface area contributed by atoms with Gasteiger partial charge in [-0.15, -0.1) is 11.3 Å². The second kappa shape index (κ2) is 5.09. The Morgan fingerprint density at radius 1 is 1.19 bits per heavy atom. The first-order chi connectivity index (χ1) is 7.65. The van der Waals surface area contributed by atoms with Crippen molar-refractivity contribution in [3.63, 3.8) is 0 Å². The first-order valence-corrected chi connectivity index (χ1v) is 6.50. The average Bonchev–Trinajstić information content (AvgIpc) is 2.65. The Morgan fingerprint density at radius 3 is 2.62 bits per heavy atom. The van der Waals surface area contributed by atoms with Crippen LogP contribution in [0, 0.1) is 0 Å². The maximum Gasteiger partial charge on any atom is 0.0932 e. The summed E-state index contributed by atoms with van der Waals surface area (Å²) in [5, 5.41) is 4.12. The lowest BCUT2D eigenvalue weighted by Gasteiger charge is -2.13. The summed E-state index contributed by atoms with van der Waals surface area (Å²) in [5.41, 5.74) is 1.02. The van der Waals surface area contributed by atoms with E-state index in [1.54, 1.807) is 11.3 Å².